The smallest absolute Gasteiger partial charge is 0.338 e. The summed E-state index contributed by atoms with van der Waals surface area (Å²) in [6, 6.07) is 18.2. The fraction of sp³-hybridized carbons (Fsp3) is 0.160. The van der Waals surface area contributed by atoms with Crippen molar-refractivity contribution < 1.29 is 23.7 Å². The van der Waals surface area contributed by atoms with Crippen LogP contribution >= 0.6 is 0 Å². The van der Waals surface area contributed by atoms with Gasteiger partial charge in [-0.2, -0.15) is 0 Å². The molecular formula is C25H20O5. The zero-order valence-electron chi connectivity index (χ0n) is 16.9. The normalized spacial score (nSPS) is 12.7. The molecule has 30 heavy (non-hydrogen) atoms. The average Bonchev–Trinajstić information content (AvgIpc) is 3.15. The van der Waals surface area contributed by atoms with Gasteiger partial charge in [-0.1, -0.05) is 36.4 Å². The molecule has 0 saturated heterocycles. The Morgan fingerprint density at radius 3 is 2.30 bits per heavy atom. The van der Waals surface area contributed by atoms with Crippen LogP contribution in [0.5, 0.6) is 17.2 Å². The summed E-state index contributed by atoms with van der Waals surface area (Å²) in [6.45, 7) is 0.226. The lowest BCUT2D eigenvalue weighted by Gasteiger charge is -2.19. The number of esters is 1. The molecule has 0 amide bonds. The molecule has 5 nitrogen and oxygen atoms in total. The molecule has 0 N–H and O–H groups in total. The highest BCUT2D eigenvalue weighted by Crippen LogP contribution is 2.49. The van der Waals surface area contributed by atoms with E-state index in [1.807, 2.05) is 24.3 Å². The van der Waals surface area contributed by atoms with Crippen molar-refractivity contribution in [2.24, 2.45) is 0 Å². The van der Waals surface area contributed by atoms with Crippen molar-refractivity contribution in [2.75, 3.05) is 21.3 Å². The number of carbonyl (C=O) groups is 1. The van der Waals surface area contributed by atoms with E-state index in [-0.39, 0.29) is 12.6 Å². The first-order valence-corrected chi connectivity index (χ1v) is 9.61. The molecule has 0 bridgehead atoms. The molecule has 4 aromatic rings. The average molecular weight is 400 g/mol. The third kappa shape index (κ3) is 2.59. The van der Waals surface area contributed by atoms with Gasteiger partial charge < -0.3 is 18.9 Å². The number of benzene rings is 4. The highest BCUT2D eigenvalue weighted by Gasteiger charge is 2.30. The lowest BCUT2D eigenvalue weighted by molar-refractivity contribution is 0.0535. The molecule has 0 unspecified atom stereocenters. The van der Waals surface area contributed by atoms with Crippen molar-refractivity contribution >= 4 is 27.5 Å². The summed E-state index contributed by atoms with van der Waals surface area (Å²) in [4.78, 5) is 12.4. The van der Waals surface area contributed by atoms with E-state index >= 15 is 0 Å². The first kappa shape index (κ1) is 18.3. The predicted octanol–water partition coefficient (Wildman–Crippen LogP) is 5.36. The van der Waals surface area contributed by atoms with Crippen molar-refractivity contribution in [2.45, 2.75) is 6.61 Å². The minimum atomic E-state index is -0.317. The molecule has 150 valence electrons. The molecule has 0 atom stereocenters. The van der Waals surface area contributed by atoms with E-state index in [1.165, 1.54) is 0 Å². The van der Waals surface area contributed by atoms with Crippen molar-refractivity contribution in [1.82, 2.24) is 0 Å². The zero-order valence-corrected chi connectivity index (χ0v) is 16.9. The molecule has 4 aromatic carbocycles. The Balaban J connectivity index is 1.95. The maximum Gasteiger partial charge on any atom is 0.338 e. The number of carbonyl (C=O) groups excluding carboxylic acids is 1. The maximum atomic E-state index is 12.4. The zero-order chi connectivity index (χ0) is 20.8. The van der Waals surface area contributed by atoms with Crippen molar-refractivity contribution in [1.29, 1.82) is 0 Å². The van der Waals surface area contributed by atoms with Gasteiger partial charge in [-0.25, -0.2) is 4.79 Å². The summed E-state index contributed by atoms with van der Waals surface area (Å²) in [7, 11) is 4.77. The summed E-state index contributed by atoms with van der Waals surface area (Å²) >= 11 is 0. The second kappa shape index (κ2) is 6.95. The SMILES string of the molecule is COc1cc2cc3c(c(-c4ccc5ccccc5c4)c2c(OC)c1OC)COC3=O. The molecular weight excluding hydrogens is 380 g/mol. The lowest BCUT2D eigenvalue weighted by Crippen LogP contribution is -2.00. The van der Waals surface area contributed by atoms with Crippen LogP contribution in [-0.4, -0.2) is 27.3 Å². The molecule has 0 aliphatic carbocycles. The fourth-order valence-electron chi connectivity index (χ4n) is 4.29. The van der Waals surface area contributed by atoms with Gasteiger partial charge in [-0.3, -0.25) is 0 Å². The van der Waals surface area contributed by atoms with Crippen molar-refractivity contribution in [3.63, 3.8) is 0 Å². The van der Waals surface area contributed by atoms with Crippen LogP contribution in [0.3, 0.4) is 0 Å². The second-order valence-corrected chi connectivity index (χ2v) is 7.16. The Morgan fingerprint density at radius 1 is 0.800 bits per heavy atom. The summed E-state index contributed by atoms with van der Waals surface area (Å²) in [5, 5.41) is 3.95. The molecule has 0 aromatic heterocycles. The van der Waals surface area contributed by atoms with Gasteiger partial charge >= 0.3 is 5.97 Å². The Hall–Kier alpha value is -3.73. The molecule has 5 heteroatoms. The van der Waals surface area contributed by atoms with Gasteiger partial charge in [0.1, 0.15) is 6.61 Å². The summed E-state index contributed by atoms with van der Waals surface area (Å²) in [6.07, 6.45) is 0. The van der Waals surface area contributed by atoms with Crippen LogP contribution < -0.4 is 14.2 Å². The van der Waals surface area contributed by atoms with Crippen LogP contribution in [-0.2, 0) is 11.3 Å². The van der Waals surface area contributed by atoms with Gasteiger partial charge in [0, 0.05) is 16.5 Å². The monoisotopic (exact) mass is 400 g/mol. The summed E-state index contributed by atoms with van der Waals surface area (Å²) in [5.74, 6) is 1.30. The largest absolute Gasteiger partial charge is 0.493 e. The highest BCUT2D eigenvalue weighted by molar-refractivity contribution is 6.11. The van der Waals surface area contributed by atoms with Crippen LogP contribution in [0.25, 0.3) is 32.7 Å². The topological polar surface area (TPSA) is 54.0 Å². The fourth-order valence-corrected chi connectivity index (χ4v) is 4.29. The van der Waals surface area contributed by atoms with Crippen LogP contribution in [0.4, 0.5) is 0 Å². The first-order valence-electron chi connectivity index (χ1n) is 9.61. The molecule has 0 saturated carbocycles. The molecule has 5 rings (SSSR count). The quantitative estimate of drug-likeness (QED) is 0.432. The number of fused-ring (bicyclic) bond motifs is 3. The number of ether oxygens (including phenoxy) is 4. The first-order chi connectivity index (χ1) is 14.7. The Bertz CT molecular complexity index is 1320. The number of hydrogen-bond donors (Lipinski definition) is 0. The van der Waals surface area contributed by atoms with Crippen molar-refractivity contribution in [3.8, 4) is 28.4 Å². The molecule has 0 fully saturated rings. The Kier molecular flexibility index (Phi) is 4.24. The predicted molar refractivity (Wildman–Crippen MR) is 116 cm³/mol. The van der Waals surface area contributed by atoms with E-state index in [9.17, 15) is 4.79 Å². The van der Waals surface area contributed by atoms with E-state index in [4.69, 9.17) is 18.9 Å². The Morgan fingerprint density at radius 2 is 1.57 bits per heavy atom. The van der Waals surface area contributed by atoms with E-state index in [2.05, 4.69) is 30.3 Å². The highest BCUT2D eigenvalue weighted by atomic mass is 16.5. The van der Waals surface area contributed by atoms with Gasteiger partial charge in [-0.15, -0.1) is 0 Å². The van der Waals surface area contributed by atoms with Gasteiger partial charge in [0.05, 0.1) is 26.9 Å². The van der Waals surface area contributed by atoms with Crippen LogP contribution in [0.15, 0.2) is 54.6 Å². The lowest BCUT2D eigenvalue weighted by atomic mass is 9.89. The molecule has 1 aliphatic rings. The van der Waals surface area contributed by atoms with Crippen LogP contribution in [0.2, 0.25) is 0 Å². The minimum absolute atomic E-state index is 0.226. The molecule has 0 radical (unpaired) electrons. The third-order valence-corrected chi connectivity index (χ3v) is 5.64. The molecule has 1 aliphatic heterocycles. The van der Waals surface area contributed by atoms with Gasteiger partial charge in [0.15, 0.2) is 11.5 Å². The second-order valence-electron chi connectivity index (χ2n) is 7.16. The Labute approximate surface area is 173 Å². The third-order valence-electron chi connectivity index (χ3n) is 5.64. The number of hydrogen-bond acceptors (Lipinski definition) is 5. The minimum Gasteiger partial charge on any atom is -0.493 e. The molecule has 0 spiro atoms. The summed E-state index contributed by atoms with van der Waals surface area (Å²) < 4.78 is 22.3. The van der Waals surface area contributed by atoms with Crippen LogP contribution in [0.1, 0.15) is 15.9 Å². The number of cyclic esters (lactones) is 1. The standard InChI is InChI=1S/C25H20O5/c1-27-20-12-17-11-18-19(13-30-25(18)26)21(22(17)24(29-3)23(20)28-2)16-9-8-14-6-4-5-7-15(14)10-16/h4-12H,13H2,1-3H3. The van der Waals surface area contributed by atoms with Gasteiger partial charge in [0.2, 0.25) is 5.75 Å². The van der Waals surface area contributed by atoms with Crippen molar-refractivity contribution in [3.05, 3.63) is 65.7 Å². The van der Waals surface area contributed by atoms with E-state index in [1.54, 1.807) is 21.3 Å². The number of methoxy groups -OCH3 is 3. The number of rotatable bonds is 4. The van der Waals surface area contributed by atoms with E-state index in [0.717, 1.165) is 38.2 Å². The summed E-state index contributed by atoms with van der Waals surface area (Å²) in [5.41, 5.74) is 3.32. The van der Waals surface area contributed by atoms with Gasteiger partial charge in [0.25, 0.3) is 0 Å². The van der Waals surface area contributed by atoms with Gasteiger partial charge in [-0.05, 0) is 39.9 Å². The van der Waals surface area contributed by atoms with E-state index < -0.39 is 0 Å². The maximum absolute atomic E-state index is 12.4. The van der Waals surface area contributed by atoms with E-state index in [0.29, 0.717) is 22.8 Å². The van der Waals surface area contributed by atoms with Crippen LogP contribution in [0, 0.1) is 0 Å². The molecule has 1 heterocycles.